The van der Waals surface area contributed by atoms with E-state index in [9.17, 15) is 9.90 Å². The van der Waals surface area contributed by atoms with Gasteiger partial charge in [0.05, 0.1) is 23.0 Å². The topological polar surface area (TPSA) is 86.5 Å². The van der Waals surface area contributed by atoms with Crippen molar-refractivity contribution < 1.29 is 9.90 Å². The van der Waals surface area contributed by atoms with Crippen molar-refractivity contribution in [2.75, 3.05) is 41.3 Å². The monoisotopic (exact) mass is 448 g/mol. The summed E-state index contributed by atoms with van der Waals surface area (Å²) in [7, 11) is 1.91. The number of aliphatic hydroxyl groups excluding tert-OH is 1. The third-order valence-electron chi connectivity index (χ3n) is 6.75. The molecule has 0 atom stereocenters. The number of hydrogen-bond donors (Lipinski definition) is 2. The number of carbonyl (C=O) groups is 1. The van der Waals surface area contributed by atoms with Crippen LogP contribution in [0.5, 0.6) is 0 Å². The highest BCUT2D eigenvalue weighted by molar-refractivity contribution is 6.06. The molecule has 2 aliphatic heterocycles. The van der Waals surface area contributed by atoms with Crippen LogP contribution in [0.15, 0.2) is 30.5 Å². The molecule has 0 aliphatic carbocycles. The van der Waals surface area contributed by atoms with Crippen LogP contribution < -0.4 is 15.1 Å². The highest BCUT2D eigenvalue weighted by Crippen LogP contribution is 2.33. The Kier molecular flexibility index (Phi) is 5.93. The van der Waals surface area contributed by atoms with E-state index in [1.165, 1.54) is 6.42 Å². The third-order valence-corrected chi connectivity index (χ3v) is 6.75. The molecule has 2 aromatic heterocycles. The van der Waals surface area contributed by atoms with Crippen molar-refractivity contribution in [3.8, 4) is 0 Å². The first-order chi connectivity index (χ1) is 16.0. The van der Waals surface area contributed by atoms with Crippen molar-refractivity contribution >= 4 is 34.0 Å². The molecular weight excluding hydrogens is 416 g/mol. The summed E-state index contributed by atoms with van der Waals surface area (Å²) >= 11 is 0. The molecule has 0 spiro atoms. The second kappa shape index (κ2) is 9.02. The molecule has 0 bridgehead atoms. The Hall–Kier alpha value is -3.13. The zero-order chi connectivity index (χ0) is 22.9. The van der Waals surface area contributed by atoms with E-state index >= 15 is 0 Å². The third kappa shape index (κ3) is 4.53. The smallest absolute Gasteiger partial charge is 0.274 e. The number of benzene rings is 1. The van der Waals surface area contributed by atoms with Crippen LogP contribution >= 0.6 is 0 Å². The average molecular weight is 449 g/mol. The van der Waals surface area contributed by atoms with Crippen LogP contribution in [-0.4, -0.2) is 58.1 Å². The minimum atomic E-state index is -0.247. The second-order valence-electron chi connectivity index (χ2n) is 9.29. The molecule has 2 N–H and O–H groups in total. The summed E-state index contributed by atoms with van der Waals surface area (Å²) in [4.78, 5) is 22.6. The predicted molar refractivity (Wildman–Crippen MR) is 131 cm³/mol. The van der Waals surface area contributed by atoms with Crippen molar-refractivity contribution in [1.82, 2.24) is 14.8 Å². The van der Waals surface area contributed by atoms with Crippen molar-refractivity contribution in [3.63, 3.8) is 0 Å². The Bertz CT molecular complexity index is 1160. The molecule has 1 aromatic carbocycles. The van der Waals surface area contributed by atoms with Gasteiger partial charge < -0.3 is 20.2 Å². The highest BCUT2D eigenvalue weighted by Gasteiger charge is 2.22. The summed E-state index contributed by atoms with van der Waals surface area (Å²) in [5, 5.41) is 18.5. The Morgan fingerprint density at radius 2 is 1.82 bits per heavy atom. The van der Waals surface area contributed by atoms with Crippen LogP contribution in [0, 0.1) is 6.92 Å². The van der Waals surface area contributed by atoms with Crippen LogP contribution in [0.2, 0.25) is 0 Å². The summed E-state index contributed by atoms with van der Waals surface area (Å²) in [6.07, 6.45) is 6.72. The van der Waals surface area contributed by atoms with E-state index in [0.717, 1.165) is 85.5 Å². The molecule has 8 heteroatoms. The first-order valence-corrected chi connectivity index (χ1v) is 11.9. The quantitative estimate of drug-likeness (QED) is 0.636. The van der Waals surface area contributed by atoms with Gasteiger partial charge in [-0.15, -0.1) is 0 Å². The van der Waals surface area contributed by atoms with Gasteiger partial charge >= 0.3 is 0 Å². The van der Waals surface area contributed by atoms with Crippen LogP contribution in [0.25, 0.3) is 10.9 Å². The van der Waals surface area contributed by atoms with Crippen LogP contribution in [0.4, 0.5) is 17.2 Å². The standard InChI is InChI=1S/C25H32N6O2/c1-17-6-7-20(26-24(17)31-12-8-19(32)9-13-31)25(33)27-22-14-18-16-29(2)28-21(18)15-23(22)30-10-4-3-5-11-30/h6-7,14-16,19,32H,3-5,8-13H2,1-2H3,(H,27,33). The van der Waals surface area contributed by atoms with Gasteiger partial charge in [0.25, 0.3) is 5.91 Å². The van der Waals surface area contributed by atoms with Crippen molar-refractivity contribution in [2.45, 2.75) is 45.1 Å². The van der Waals surface area contributed by atoms with Gasteiger partial charge in [0, 0.05) is 44.8 Å². The van der Waals surface area contributed by atoms with Gasteiger partial charge in [-0.25, -0.2) is 4.98 Å². The number of hydrogen-bond acceptors (Lipinski definition) is 6. The summed E-state index contributed by atoms with van der Waals surface area (Å²) in [5.41, 5.74) is 4.18. The lowest BCUT2D eigenvalue weighted by molar-refractivity contribution is 0.102. The van der Waals surface area contributed by atoms with E-state index in [2.05, 4.69) is 26.3 Å². The van der Waals surface area contributed by atoms with Crippen LogP contribution in [0.1, 0.15) is 48.2 Å². The number of nitrogens with zero attached hydrogens (tertiary/aromatic N) is 5. The Labute approximate surface area is 194 Å². The number of carbonyl (C=O) groups excluding carboxylic acids is 1. The number of piperidine rings is 2. The SMILES string of the molecule is Cc1ccc(C(=O)Nc2cc3cn(C)nc3cc2N2CCCCC2)nc1N1CCC(O)CC1. The number of aliphatic hydroxyl groups is 1. The number of anilines is 3. The lowest BCUT2D eigenvalue weighted by Gasteiger charge is -2.32. The normalized spacial score (nSPS) is 17.5. The maximum atomic E-state index is 13.3. The zero-order valence-corrected chi connectivity index (χ0v) is 19.4. The number of nitrogens with one attached hydrogen (secondary N) is 1. The van der Waals surface area contributed by atoms with Gasteiger partial charge in [0.1, 0.15) is 11.5 Å². The predicted octanol–water partition coefficient (Wildman–Crippen LogP) is 3.48. The summed E-state index contributed by atoms with van der Waals surface area (Å²) in [6.45, 7) is 5.47. The summed E-state index contributed by atoms with van der Waals surface area (Å²) in [6, 6.07) is 7.85. The molecule has 0 unspecified atom stereocenters. The Morgan fingerprint density at radius 3 is 2.58 bits per heavy atom. The first kappa shape index (κ1) is 21.7. The van der Waals surface area contributed by atoms with E-state index in [1.54, 1.807) is 10.7 Å². The molecule has 8 nitrogen and oxygen atoms in total. The molecule has 4 heterocycles. The Balaban J connectivity index is 1.44. The van der Waals surface area contributed by atoms with Gasteiger partial charge in [-0.1, -0.05) is 6.07 Å². The minimum absolute atomic E-state index is 0.213. The van der Waals surface area contributed by atoms with Crippen molar-refractivity contribution in [3.05, 3.63) is 41.7 Å². The molecule has 2 saturated heterocycles. The van der Waals surface area contributed by atoms with Crippen molar-refractivity contribution in [2.24, 2.45) is 7.05 Å². The maximum absolute atomic E-state index is 13.3. The van der Waals surface area contributed by atoms with E-state index in [0.29, 0.717) is 5.69 Å². The zero-order valence-electron chi connectivity index (χ0n) is 19.4. The molecule has 0 saturated carbocycles. The largest absolute Gasteiger partial charge is 0.393 e. The first-order valence-electron chi connectivity index (χ1n) is 11.9. The second-order valence-corrected chi connectivity index (χ2v) is 9.29. The number of aryl methyl sites for hydroxylation is 2. The van der Waals surface area contributed by atoms with Gasteiger partial charge in [-0.2, -0.15) is 5.10 Å². The van der Waals surface area contributed by atoms with E-state index in [4.69, 9.17) is 4.98 Å². The van der Waals surface area contributed by atoms with Gasteiger partial charge in [0.2, 0.25) is 0 Å². The fraction of sp³-hybridized carbons (Fsp3) is 0.480. The average Bonchev–Trinajstić information content (AvgIpc) is 3.19. The molecule has 5 rings (SSSR count). The molecule has 0 radical (unpaired) electrons. The number of pyridine rings is 1. The molecule has 174 valence electrons. The van der Waals surface area contributed by atoms with E-state index in [-0.39, 0.29) is 12.0 Å². The number of fused-ring (bicyclic) bond motifs is 1. The van der Waals surface area contributed by atoms with Gasteiger partial charge in [-0.05, 0) is 62.8 Å². The van der Waals surface area contributed by atoms with Crippen LogP contribution in [0.3, 0.4) is 0 Å². The molecule has 1 amide bonds. The fourth-order valence-electron chi connectivity index (χ4n) is 4.91. The molecule has 2 fully saturated rings. The van der Waals surface area contributed by atoms with E-state index < -0.39 is 0 Å². The molecule has 3 aromatic rings. The molecule has 2 aliphatic rings. The maximum Gasteiger partial charge on any atom is 0.274 e. The molecule has 33 heavy (non-hydrogen) atoms. The van der Waals surface area contributed by atoms with E-state index in [1.807, 2.05) is 32.3 Å². The van der Waals surface area contributed by atoms with Gasteiger partial charge in [0.15, 0.2) is 0 Å². The van der Waals surface area contributed by atoms with Crippen LogP contribution in [-0.2, 0) is 7.05 Å². The summed E-state index contributed by atoms with van der Waals surface area (Å²) in [5.74, 6) is 0.614. The molecular formula is C25H32N6O2. The number of amides is 1. The Morgan fingerprint density at radius 1 is 1.06 bits per heavy atom. The lowest BCUT2D eigenvalue weighted by Crippen LogP contribution is -2.37. The number of aromatic nitrogens is 3. The fourth-order valence-corrected chi connectivity index (χ4v) is 4.91. The number of rotatable bonds is 4. The lowest BCUT2D eigenvalue weighted by atomic mass is 10.1. The minimum Gasteiger partial charge on any atom is -0.393 e. The van der Waals surface area contributed by atoms with Crippen molar-refractivity contribution in [1.29, 1.82) is 0 Å². The summed E-state index contributed by atoms with van der Waals surface area (Å²) < 4.78 is 1.81. The van der Waals surface area contributed by atoms with Gasteiger partial charge in [-0.3, -0.25) is 9.48 Å². The highest BCUT2D eigenvalue weighted by atomic mass is 16.3.